The third-order valence-electron chi connectivity index (χ3n) is 3.78. The van der Waals surface area contributed by atoms with Crippen LogP contribution in [0.1, 0.15) is 16.8 Å². The number of carbonyl (C=O) groups is 1. The fraction of sp³-hybridized carbons (Fsp3) is 0.438. The van der Waals surface area contributed by atoms with E-state index in [0.29, 0.717) is 22.8 Å². The van der Waals surface area contributed by atoms with Gasteiger partial charge >= 0.3 is 0 Å². The van der Waals surface area contributed by atoms with Gasteiger partial charge in [-0.25, -0.2) is 0 Å². The van der Waals surface area contributed by atoms with Gasteiger partial charge in [0, 0.05) is 17.7 Å². The van der Waals surface area contributed by atoms with Gasteiger partial charge in [0.2, 0.25) is 5.75 Å². The molecule has 0 saturated carbocycles. The molecule has 23 heavy (non-hydrogen) atoms. The third-order valence-corrected chi connectivity index (χ3v) is 3.78. The second-order valence-corrected chi connectivity index (χ2v) is 5.38. The zero-order chi connectivity index (χ0) is 16.8. The number of likely N-dealkylation sites (N-methyl/N-ethyl adjacent to an activating group) is 1. The van der Waals surface area contributed by atoms with Gasteiger partial charge in [0.15, 0.2) is 11.5 Å². The number of methoxy groups -OCH3 is 3. The number of hydrogen-bond acceptors (Lipinski definition) is 5. The van der Waals surface area contributed by atoms with E-state index in [1.807, 2.05) is 0 Å². The number of nitrogens with one attached hydrogen (secondary N) is 3. The molecular weight excluding hydrogens is 298 g/mol. The molecule has 1 heterocycles. The molecule has 1 atom stereocenters. The summed E-state index contributed by atoms with van der Waals surface area (Å²) in [6.45, 7) is 1.99. The Morgan fingerprint density at radius 3 is 2.26 bits per heavy atom. The van der Waals surface area contributed by atoms with Crippen molar-refractivity contribution in [3.8, 4) is 17.2 Å². The lowest BCUT2D eigenvalue weighted by Gasteiger charge is -2.21. The predicted molar refractivity (Wildman–Crippen MR) is 86.0 cm³/mol. The number of amides is 1. The average Bonchev–Trinajstić information content (AvgIpc) is 2.59. The Kier molecular flexibility index (Phi) is 5.70. The number of rotatable bonds is 6. The zero-order valence-electron chi connectivity index (χ0n) is 14.0. The fourth-order valence-corrected chi connectivity index (χ4v) is 2.38. The number of hydrogen-bond donors (Lipinski definition) is 3. The lowest BCUT2D eigenvalue weighted by Crippen LogP contribution is -3.09. The molecular formula is C16H24N3O4+. The molecule has 0 aromatic heterocycles. The summed E-state index contributed by atoms with van der Waals surface area (Å²) in [7, 11) is 6.70. The van der Waals surface area contributed by atoms with Gasteiger partial charge in [-0.15, -0.1) is 0 Å². The lowest BCUT2D eigenvalue weighted by molar-refractivity contribution is -0.875. The summed E-state index contributed by atoms with van der Waals surface area (Å²) >= 11 is 0. The number of ether oxygens (including phenoxy) is 3. The molecule has 0 aliphatic carbocycles. The summed E-state index contributed by atoms with van der Waals surface area (Å²) in [5.41, 5.74) is 7.13. The van der Waals surface area contributed by atoms with Crippen LogP contribution < -0.4 is 30.0 Å². The van der Waals surface area contributed by atoms with Gasteiger partial charge in [0.1, 0.15) is 0 Å². The van der Waals surface area contributed by atoms with E-state index >= 15 is 0 Å². The van der Waals surface area contributed by atoms with Crippen molar-refractivity contribution in [1.82, 2.24) is 10.9 Å². The summed E-state index contributed by atoms with van der Waals surface area (Å²) in [5.74, 6) is 1.08. The molecule has 1 aromatic rings. The highest BCUT2D eigenvalue weighted by atomic mass is 16.5. The van der Waals surface area contributed by atoms with Crippen molar-refractivity contribution in [3.05, 3.63) is 29.5 Å². The van der Waals surface area contributed by atoms with Crippen molar-refractivity contribution in [3.63, 3.8) is 0 Å². The SMILES string of the molecule is COc1cc(C(=O)NNC2=CC[NH+](C)CC2)cc(OC)c1OC. The minimum atomic E-state index is -0.267. The van der Waals surface area contributed by atoms with E-state index in [1.54, 1.807) is 12.1 Å². The van der Waals surface area contributed by atoms with Crippen molar-refractivity contribution in [2.75, 3.05) is 41.5 Å². The van der Waals surface area contributed by atoms with Gasteiger partial charge in [-0.3, -0.25) is 10.2 Å². The molecule has 0 saturated heterocycles. The molecule has 2 rings (SSSR count). The summed E-state index contributed by atoms with van der Waals surface area (Å²) in [6, 6.07) is 3.23. The van der Waals surface area contributed by atoms with Crippen molar-refractivity contribution < 1.29 is 23.9 Å². The van der Waals surface area contributed by atoms with E-state index in [-0.39, 0.29) is 5.91 Å². The van der Waals surface area contributed by atoms with Gasteiger partial charge in [-0.1, -0.05) is 0 Å². The van der Waals surface area contributed by atoms with Crippen molar-refractivity contribution in [2.45, 2.75) is 6.42 Å². The van der Waals surface area contributed by atoms with E-state index in [1.165, 1.54) is 26.2 Å². The predicted octanol–water partition coefficient (Wildman–Crippen LogP) is -0.251. The molecule has 1 unspecified atom stereocenters. The maximum absolute atomic E-state index is 12.3. The Hall–Kier alpha value is -2.41. The normalized spacial score (nSPS) is 17.0. The largest absolute Gasteiger partial charge is 0.493 e. The van der Waals surface area contributed by atoms with Crippen LogP contribution in [0.2, 0.25) is 0 Å². The molecule has 7 nitrogen and oxygen atoms in total. The first-order chi connectivity index (χ1) is 11.1. The minimum Gasteiger partial charge on any atom is -0.493 e. The smallest absolute Gasteiger partial charge is 0.269 e. The first-order valence-corrected chi connectivity index (χ1v) is 7.45. The van der Waals surface area contributed by atoms with Crippen LogP contribution in [-0.4, -0.2) is 47.4 Å². The maximum Gasteiger partial charge on any atom is 0.269 e. The summed E-state index contributed by atoms with van der Waals surface area (Å²) in [5, 5.41) is 0. The van der Waals surface area contributed by atoms with Crippen LogP contribution in [0, 0.1) is 0 Å². The van der Waals surface area contributed by atoms with Gasteiger partial charge in [0.05, 0.1) is 41.5 Å². The maximum atomic E-state index is 12.3. The van der Waals surface area contributed by atoms with Gasteiger partial charge < -0.3 is 24.5 Å². The van der Waals surface area contributed by atoms with Gasteiger partial charge in [-0.05, 0) is 18.2 Å². The molecule has 0 fully saturated rings. The second-order valence-electron chi connectivity index (χ2n) is 5.38. The summed E-state index contributed by atoms with van der Waals surface area (Å²) < 4.78 is 15.8. The van der Waals surface area contributed by atoms with Crippen LogP contribution in [0.25, 0.3) is 0 Å². The lowest BCUT2D eigenvalue weighted by atomic mass is 10.1. The number of hydrazine groups is 1. The molecule has 1 aromatic carbocycles. The van der Waals surface area contributed by atoms with E-state index in [2.05, 4.69) is 24.0 Å². The second kappa shape index (κ2) is 7.73. The highest BCUT2D eigenvalue weighted by molar-refractivity contribution is 5.95. The molecule has 0 spiro atoms. The van der Waals surface area contributed by atoms with Crippen LogP contribution in [0.4, 0.5) is 0 Å². The zero-order valence-corrected chi connectivity index (χ0v) is 14.0. The highest BCUT2D eigenvalue weighted by Gasteiger charge is 2.17. The quantitative estimate of drug-likeness (QED) is 0.630. The van der Waals surface area contributed by atoms with E-state index in [9.17, 15) is 4.79 Å². The monoisotopic (exact) mass is 322 g/mol. The van der Waals surface area contributed by atoms with Gasteiger partial charge in [-0.2, -0.15) is 0 Å². The Bertz CT molecular complexity index is 576. The van der Waals surface area contributed by atoms with Crippen molar-refractivity contribution in [1.29, 1.82) is 0 Å². The van der Waals surface area contributed by atoms with E-state index < -0.39 is 0 Å². The topological polar surface area (TPSA) is 73.3 Å². The summed E-state index contributed by atoms with van der Waals surface area (Å²) in [4.78, 5) is 13.8. The molecule has 1 aliphatic heterocycles. The Labute approximate surface area is 136 Å². The fourth-order valence-electron chi connectivity index (χ4n) is 2.38. The Morgan fingerprint density at radius 2 is 1.78 bits per heavy atom. The van der Waals surface area contributed by atoms with Gasteiger partial charge in [0.25, 0.3) is 5.91 Å². The van der Waals surface area contributed by atoms with Crippen LogP contribution in [0.5, 0.6) is 17.2 Å². The summed E-state index contributed by atoms with van der Waals surface area (Å²) in [6.07, 6.45) is 3.00. The van der Waals surface area contributed by atoms with Crippen molar-refractivity contribution >= 4 is 5.91 Å². The van der Waals surface area contributed by atoms with Crippen LogP contribution in [-0.2, 0) is 0 Å². The van der Waals surface area contributed by atoms with Crippen LogP contribution >= 0.6 is 0 Å². The molecule has 126 valence electrons. The molecule has 1 amide bonds. The van der Waals surface area contributed by atoms with E-state index in [0.717, 1.165) is 25.2 Å². The number of carbonyl (C=O) groups excluding carboxylic acids is 1. The number of benzene rings is 1. The first-order valence-electron chi connectivity index (χ1n) is 7.45. The third kappa shape index (κ3) is 4.07. The van der Waals surface area contributed by atoms with E-state index in [4.69, 9.17) is 14.2 Å². The molecule has 0 radical (unpaired) electrons. The Balaban J connectivity index is 2.10. The average molecular weight is 322 g/mol. The first kappa shape index (κ1) is 17.0. The number of quaternary nitrogens is 1. The van der Waals surface area contributed by atoms with Crippen LogP contribution in [0.3, 0.4) is 0 Å². The molecule has 3 N–H and O–H groups in total. The van der Waals surface area contributed by atoms with Crippen molar-refractivity contribution in [2.24, 2.45) is 0 Å². The Morgan fingerprint density at radius 1 is 1.13 bits per heavy atom. The minimum absolute atomic E-state index is 0.267. The molecule has 7 heteroatoms. The highest BCUT2D eigenvalue weighted by Crippen LogP contribution is 2.38. The molecule has 1 aliphatic rings. The van der Waals surface area contributed by atoms with Crippen LogP contribution in [0.15, 0.2) is 23.9 Å². The molecule has 0 bridgehead atoms. The standard InChI is InChI=1S/C16H23N3O4/c1-19-7-5-12(6-8-19)17-18-16(20)11-9-13(21-2)15(23-4)14(10-11)22-3/h5,9-10,17H,6-8H2,1-4H3,(H,18,20)/p+1.